The van der Waals surface area contributed by atoms with Crippen molar-refractivity contribution in [2.45, 2.75) is 19.4 Å². The smallest absolute Gasteiger partial charge is 0.265 e. The maximum absolute atomic E-state index is 11.5. The average Bonchev–Trinajstić information content (AvgIpc) is 2.16. The van der Waals surface area contributed by atoms with Gasteiger partial charge in [0, 0.05) is 4.47 Å². The van der Waals surface area contributed by atoms with Crippen molar-refractivity contribution in [3.8, 4) is 5.75 Å². The second kappa shape index (κ2) is 3.73. The molecule has 1 amide bonds. The van der Waals surface area contributed by atoms with E-state index in [0.29, 0.717) is 23.5 Å². The molecule has 80 valence electrons. The maximum atomic E-state index is 11.5. The summed E-state index contributed by atoms with van der Waals surface area (Å²) in [7, 11) is 0. The van der Waals surface area contributed by atoms with Crippen molar-refractivity contribution < 1.29 is 9.53 Å². The van der Waals surface area contributed by atoms with Gasteiger partial charge in [-0.1, -0.05) is 22.9 Å². The van der Waals surface area contributed by atoms with Gasteiger partial charge in [-0.05, 0) is 18.6 Å². The van der Waals surface area contributed by atoms with E-state index in [4.69, 9.17) is 10.5 Å². The molecular formula is C10H11BrN2O2. The highest BCUT2D eigenvalue weighted by Crippen LogP contribution is 2.38. The summed E-state index contributed by atoms with van der Waals surface area (Å²) >= 11 is 3.31. The molecule has 5 heteroatoms. The summed E-state index contributed by atoms with van der Waals surface area (Å²) in [6.07, 6.45) is 0.182. The van der Waals surface area contributed by atoms with E-state index in [2.05, 4.69) is 21.2 Å². The Hall–Kier alpha value is -1.23. The molecule has 0 aliphatic carbocycles. The molecule has 0 saturated carbocycles. The van der Waals surface area contributed by atoms with Crippen LogP contribution >= 0.6 is 15.9 Å². The van der Waals surface area contributed by atoms with Gasteiger partial charge in [-0.3, -0.25) is 4.79 Å². The lowest BCUT2D eigenvalue weighted by Gasteiger charge is -2.26. The van der Waals surface area contributed by atoms with Crippen molar-refractivity contribution in [1.82, 2.24) is 0 Å². The molecule has 0 radical (unpaired) electrons. The van der Waals surface area contributed by atoms with Crippen LogP contribution < -0.4 is 15.8 Å². The van der Waals surface area contributed by atoms with Gasteiger partial charge in [-0.25, -0.2) is 0 Å². The highest BCUT2D eigenvalue weighted by molar-refractivity contribution is 9.10. The molecule has 4 nitrogen and oxygen atoms in total. The topological polar surface area (TPSA) is 64.3 Å². The zero-order valence-electron chi connectivity index (χ0n) is 8.21. The fourth-order valence-corrected chi connectivity index (χ4v) is 1.99. The van der Waals surface area contributed by atoms with Crippen LogP contribution in [0.2, 0.25) is 0 Å². The number of ether oxygens (including phenoxy) is 1. The first kappa shape index (κ1) is 10.3. The Bertz CT molecular complexity index is 420. The van der Waals surface area contributed by atoms with E-state index < -0.39 is 6.10 Å². The fraction of sp³-hybridized carbons (Fsp3) is 0.300. The number of nitrogens with two attached hydrogens (primary N) is 1. The summed E-state index contributed by atoms with van der Waals surface area (Å²) in [6, 6.07) is 3.53. The molecule has 1 aromatic carbocycles. The number of fused-ring (bicyclic) bond motifs is 1. The van der Waals surface area contributed by atoms with Crippen molar-refractivity contribution >= 4 is 33.2 Å². The molecule has 0 aromatic heterocycles. The summed E-state index contributed by atoms with van der Waals surface area (Å²) in [5.41, 5.74) is 6.95. The molecule has 15 heavy (non-hydrogen) atoms. The van der Waals surface area contributed by atoms with E-state index in [1.807, 2.05) is 6.92 Å². The Morgan fingerprint density at radius 2 is 2.33 bits per heavy atom. The zero-order chi connectivity index (χ0) is 11.0. The number of hydrogen-bond acceptors (Lipinski definition) is 3. The Morgan fingerprint density at radius 1 is 1.60 bits per heavy atom. The number of carbonyl (C=O) groups is 1. The Labute approximate surface area is 95.9 Å². The molecule has 2 rings (SSSR count). The number of rotatable bonds is 1. The number of carbonyl (C=O) groups excluding carboxylic acids is 1. The van der Waals surface area contributed by atoms with Crippen molar-refractivity contribution in [3.63, 3.8) is 0 Å². The van der Waals surface area contributed by atoms with Crippen LogP contribution in [0.5, 0.6) is 5.75 Å². The highest BCUT2D eigenvalue weighted by atomic mass is 79.9. The Morgan fingerprint density at radius 3 is 3.00 bits per heavy atom. The van der Waals surface area contributed by atoms with Crippen LogP contribution in [0.15, 0.2) is 16.6 Å². The summed E-state index contributed by atoms with van der Waals surface area (Å²) in [5.74, 6) is 0.437. The molecule has 1 aliphatic heterocycles. The van der Waals surface area contributed by atoms with E-state index >= 15 is 0 Å². The van der Waals surface area contributed by atoms with Gasteiger partial charge in [0.25, 0.3) is 5.91 Å². The van der Waals surface area contributed by atoms with Gasteiger partial charge >= 0.3 is 0 Å². The quantitative estimate of drug-likeness (QED) is 0.769. The predicted octanol–water partition coefficient (Wildman–Crippen LogP) is 2.14. The number of nitrogens with one attached hydrogen (secondary N) is 1. The molecule has 0 saturated heterocycles. The molecule has 1 aliphatic rings. The lowest BCUT2D eigenvalue weighted by Crippen LogP contribution is -2.36. The van der Waals surface area contributed by atoms with Crippen molar-refractivity contribution in [2.24, 2.45) is 0 Å². The average molecular weight is 271 g/mol. The summed E-state index contributed by atoms with van der Waals surface area (Å²) in [6.45, 7) is 1.89. The first-order valence-electron chi connectivity index (χ1n) is 4.68. The normalized spacial score (nSPS) is 19.1. The number of halogens is 1. The Kier molecular flexibility index (Phi) is 2.56. The van der Waals surface area contributed by atoms with E-state index in [1.165, 1.54) is 0 Å². The van der Waals surface area contributed by atoms with E-state index in [0.717, 1.165) is 4.47 Å². The largest absolute Gasteiger partial charge is 0.476 e. The molecule has 1 aromatic rings. The zero-order valence-corrected chi connectivity index (χ0v) is 9.80. The molecule has 3 N–H and O–H groups in total. The maximum Gasteiger partial charge on any atom is 0.265 e. The number of hydrogen-bond donors (Lipinski definition) is 2. The Balaban J connectivity index is 2.45. The fourth-order valence-electron chi connectivity index (χ4n) is 1.52. The van der Waals surface area contributed by atoms with Crippen molar-refractivity contribution in [3.05, 3.63) is 16.6 Å². The molecule has 0 fully saturated rings. The number of benzene rings is 1. The lowest BCUT2D eigenvalue weighted by molar-refractivity contribution is -0.123. The second-order valence-corrected chi connectivity index (χ2v) is 4.29. The van der Waals surface area contributed by atoms with Crippen molar-refractivity contribution in [2.75, 3.05) is 11.1 Å². The third-order valence-electron chi connectivity index (χ3n) is 2.26. The van der Waals surface area contributed by atoms with Gasteiger partial charge in [0.15, 0.2) is 11.9 Å². The summed E-state index contributed by atoms with van der Waals surface area (Å²) < 4.78 is 6.34. The van der Waals surface area contributed by atoms with Gasteiger partial charge in [0.05, 0.1) is 11.4 Å². The number of anilines is 2. The molecule has 1 atom stereocenters. The van der Waals surface area contributed by atoms with Crippen LogP contribution in [0.4, 0.5) is 11.4 Å². The van der Waals surface area contributed by atoms with Gasteiger partial charge in [-0.15, -0.1) is 0 Å². The monoisotopic (exact) mass is 270 g/mol. The minimum Gasteiger partial charge on any atom is -0.476 e. The van der Waals surface area contributed by atoms with E-state index in [1.54, 1.807) is 12.1 Å². The summed E-state index contributed by atoms with van der Waals surface area (Å²) in [5, 5.41) is 2.77. The van der Waals surface area contributed by atoms with Crippen LogP contribution in [0.25, 0.3) is 0 Å². The van der Waals surface area contributed by atoms with Gasteiger partial charge < -0.3 is 15.8 Å². The van der Waals surface area contributed by atoms with E-state index in [-0.39, 0.29) is 5.91 Å². The minimum atomic E-state index is -0.444. The molecule has 1 unspecified atom stereocenters. The SMILES string of the molecule is CCC1Oc2c(N)cc(Br)cc2NC1=O. The van der Waals surface area contributed by atoms with Crippen LogP contribution in [-0.4, -0.2) is 12.0 Å². The van der Waals surface area contributed by atoms with Crippen molar-refractivity contribution in [1.29, 1.82) is 0 Å². The van der Waals surface area contributed by atoms with E-state index in [9.17, 15) is 4.79 Å². The standard InChI is InChI=1S/C10H11BrN2O2/c1-2-8-10(14)13-7-4-5(11)3-6(12)9(7)15-8/h3-4,8H,2,12H2,1H3,(H,13,14). The number of nitrogen functional groups attached to an aromatic ring is 1. The summed E-state index contributed by atoms with van der Waals surface area (Å²) in [4.78, 5) is 11.5. The molecule has 0 spiro atoms. The number of amides is 1. The van der Waals surface area contributed by atoms with Crippen LogP contribution in [-0.2, 0) is 4.79 Å². The highest BCUT2D eigenvalue weighted by Gasteiger charge is 2.27. The third-order valence-corrected chi connectivity index (χ3v) is 2.72. The third kappa shape index (κ3) is 1.79. The van der Waals surface area contributed by atoms with Crippen LogP contribution in [0, 0.1) is 0 Å². The molecule has 0 bridgehead atoms. The first-order valence-corrected chi connectivity index (χ1v) is 5.47. The minimum absolute atomic E-state index is 0.123. The van der Waals surface area contributed by atoms with Crippen LogP contribution in [0.3, 0.4) is 0 Å². The van der Waals surface area contributed by atoms with Gasteiger partial charge in [0.2, 0.25) is 0 Å². The van der Waals surface area contributed by atoms with Crippen LogP contribution in [0.1, 0.15) is 13.3 Å². The second-order valence-electron chi connectivity index (χ2n) is 3.38. The van der Waals surface area contributed by atoms with Gasteiger partial charge in [-0.2, -0.15) is 0 Å². The predicted molar refractivity (Wildman–Crippen MR) is 61.9 cm³/mol. The molecular weight excluding hydrogens is 260 g/mol. The lowest BCUT2D eigenvalue weighted by atomic mass is 10.1. The van der Waals surface area contributed by atoms with Gasteiger partial charge in [0.1, 0.15) is 0 Å². The first-order chi connectivity index (χ1) is 7.11. The molecule has 1 heterocycles.